The van der Waals surface area contributed by atoms with E-state index in [4.69, 9.17) is 14.7 Å². The van der Waals surface area contributed by atoms with E-state index in [0.717, 1.165) is 46.2 Å². The molecule has 182 valence electrons. The number of methoxy groups -OCH3 is 1. The maximum Gasteiger partial charge on any atom is 0.183 e. The fourth-order valence-electron chi connectivity index (χ4n) is 5.43. The van der Waals surface area contributed by atoms with Gasteiger partial charge in [0.15, 0.2) is 10.3 Å². The second-order valence-electron chi connectivity index (χ2n) is 9.71. The van der Waals surface area contributed by atoms with Crippen LogP contribution >= 0.6 is 23.1 Å². The first-order valence-electron chi connectivity index (χ1n) is 12.6. The third-order valence-electron chi connectivity index (χ3n) is 7.32. The van der Waals surface area contributed by atoms with Gasteiger partial charge in [-0.3, -0.25) is 0 Å². The van der Waals surface area contributed by atoms with Gasteiger partial charge in [0.1, 0.15) is 11.3 Å². The molecule has 2 atom stereocenters. The largest absolute Gasteiger partial charge is 0.494 e. The summed E-state index contributed by atoms with van der Waals surface area (Å²) in [5.74, 6) is 0.822. The quantitative estimate of drug-likeness (QED) is 0.294. The van der Waals surface area contributed by atoms with Crippen molar-refractivity contribution in [1.82, 2.24) is 9.88 Å². The SMILES string of the molecule is COc1cccc2sc(NCCc3ccc(/N=C4\SC5Cc6ccccc6[C@@H]5N4C4CC4)cc3)nc12. The van der Waals surface area contributed by atoms with Crippen molar-refractivity contribution in [2.24, 2.45) is 4.99 Å². The number of aliphatic imine (C=N–C) groups is 1. The van der Waals surface area contributed by atoms with Crippen LogP contribution in [0.3, 0.4) is 0 Å². The van der Waals surface area contributed by atoms with Crippen LogP contribution in [-0.2, 0) is 12.8 Å². The minimum atomic E-state index is 0.491. The first-order valence-corrected chi connectivity index (χ1v) is 14.3. The minimum absolute atomic E-state index is 0.491. The first kappa shape index (κ1) is 22.2. The number of hydrogen-bond donors (Lipinski definition) is 1. The Labute approximate surface area is 219 Å². The Morgan fingerprint density at radius 3 is 2.75 bits per heavy atom. The standard InChI is InChI=1S/C29H28N4OS2/c1-34-23-7-4-8-24-26(23)32-28(35-24)30-16-15-18-9-11-20(12-10-18)31-29-33(21-13-14-21)27-22-6-3-2-5-19(22)17-25(27)36-29/h2-12,21,25,27H,13-17H2,1H3,(H,30,32)/b31-29-/t25?,27-/m0/s1. The summed E-state index contributed by atoms with van der Waals surface area (Å²) in [6, 6.07) is 24.9. The second-order valence-corrected chi connectivity index (χ2v) is 11.9. The Morgan fingerprint density at radius 1 is 1.06 bits per heavy atom. The van der Waals surface area contributed by atoms with Crippen LogP contribution in [0.5, 0.6) is 5.75 Å². The van der Waals surface area contributed by atoms with Crippen LogP contribution in [0, 0.1) is 0 Å². The number of benzene rings is 3. The lowest BCUT2D eigenvalue weighted by Crippen LogP contribution is -2.30. The fraction of sp³-hybridized carbons (Fsp3) is 0.310. The van der Waals surface area contributed by atoms with E-state index in [9.17, 15) is 0 Å². The Hall–Kier alpha value is -3.03. The molecule has 1 saturated carbocycles. The Balaban J connectivity index is 1.02. The van der Waals surface area contributed by atoms with E-state index in [2.05, 4.69) is 64.8 Å². The van der Waals surface area contributed by atoms with E-state index in [1.54, 1.807) is 18.4 Å². The summed E-state index contributed by atoms with van der Waals surface area (Å²) in [6.45, 7) is 0.837. The monoisotopic (exact) mass is 512 g/mol. The molecule has 5 nitrogen and oxygen atoms in total. The van der Waals surface area contributed by atoms with Gasteiger partial charge in [-0.15, -0.1) is 0 Å². The number of fused-ring (bicyclic) bond motifs is 4. The van der Waals surface area contributed by atoms with Crippen LogP contribution in [0.1, 0.15) is 35.6 Å². The van der Waals surface area contributed by atoms with Crippen molar-refractivity contribution in [1.29, 1.82) is 0 Å². The number of aromatic nitrogens is 1. The molecule has 3 aromatic carbocycles. The Bertz CT molecular complexity index is 1440. The number of amidine groups is 1. The van der Waals surface area contributed by atoms with Gasteiger partial charge >= 0.3 is 0 Å². The van der Waals surface area contributed by atoms with Gasteiger partial charge in [-0.05, 0) is 66.6 Å². The first-order chi connectivity index (χ1) is 17.8. The van der Waals surface area contributed by atoms with Crippen LogP contribution in [0.25, 0.3) is 10.2 Å². The van der Waals surface area contributed by atoms with Crippen LogP contribution in [0.4, 0.5) is 10.8 Å². The molecule has 3 aliphatic rings. The van der Waals surface area contributed by atoms with E-state index >= 15 is 0 Å². The molecule has 2 fully saturated rings. The second kappa shape index (κ2) is 9.12. The predicted molar refractivity (Wildman–Crippen MR) is 151 cm³/mol. The van der Waals surface area contributed by atoms with Gasteiger partial charge in [-0.25, -0.2) is 9.98 Å². The number of hydrogen-bond acceptors (Lipinski definition) is 6. The zero-order valence-corrected chi connectivity index (χ0v) is 21.8. The Morgan fingerprint density at radius 2 is 1.92 bits per heavy atom. The molecule has 0 spiro atoms. The molecule has 2 heterocycles. The van der Waals surface area contributed by atoms with E-state index < -0.39 is 0 Å². The maximum absolute atomic E-state index is 5.43. The topological polar surface area (TPSA) is 49.8 Å². The smallest absolute Gasteiger partial charge is 0.183 e. The van der Waals surface area contributed by atoms with Crippen molar-refractivity contribution in [2.75, 3.05) is 19.0 Å². The third-order valence-corrected chi connectivity index (χ3v) is 9.54. The molecule has 36 heavy (non-hydrogen) atoms. The van der Waals surface area contributed by atoms with Crippen LogP contribution < -0.4 is 10.1 Å². The van der Waals surface area contributed by atoms with Crippen molar-refractivity contribution >= 4 is 49.3 Å². The Kier molecular flexibility index (Phi) is 5.62. The molecular weight excluding hydrogens is 484 g/mol. The van der Waals surface area contributed by atoms with Gasteiger partial charge in [-0.1, -0.05) is 65.6 Å². The van der Waals surface area contributed by atoms with Crippen molar-refractivity contribution in [3.05, 3.63) is 83.4 Å². The summed E-state index contributed by atoms with van der Waals surface area (Å²) in [5.41, 5.74) is 6.31. The molecule has 7 rings (SSSR count). The highest BCUT2D eigenvalue weighted by molar-refractivity contribution is 8.14. The lowest BCUT2D eigenvalue weighted by molar-refractivity contribution is 0.330. The predicted octanol–water partition coefficient (Wildman–Crippen LogP) is 6.82. The number of nitrogens with one attached hydrogen (secondary N) is 1. The van der Waals surface area contributed by atoms with Crippen LogP contribution in [0.15, 0.2) is 71.7 Å². The summed E-state index contributed by atoms with van der Waals surface area (Å²) in [4.78, 5) is 12.5. The third kappa shape index (κ3) is 4.04. The van der Waals surface area contributed by atoms with Gasteiger partial charge in [0, 0.05) is 17.8 Å². The minimum Gasteiger partial charge on any atom is -0.494 e. The number of nitrogens with zero attached hydrogens (tertiary/aromatic N) is 3. The molecule has 2 aliphatic carbocycles. The molecule has 1 N–H and O–H groups in total. The van der Waals surface area contributed by atoms with Gasteiger partial charge in [0.2, 0.25) is 0 Å². The van der Waals surface area contributed by atoms with Crippen molar-refractivity contribution in [3.63, 3.8) is 0 Å². The molecule has 4 aromatic rings. The molecule has 0 amide bonds. The molecule has 1 aromatic heterocycles. The molecule has 1 unspecified atom stereocenters. The average molecular weight is 513 g/mol. The van der Waals surface area contributed by atoms with Gasteiger partial charge < -0.3 is 15.0 Å². The molecule has 0 radical (unpaired) electrons. The van der Waals surface area contributed by atoms with E-state index in [-0.39, 0.29) is 0 Å². The van der Waals surface area contributed by atoms with E-state index in [1.165, 1.54) is 34.7 Å². The average Bonchev–Trinajstić information content (AvgIpc) is 3.40. The number of anilines is 1. The van der Waals surface area contributed by atoms with Crippen molar-refractivity contribution < 1.29 is 4.74 Å². The molecule has 1 aliphatic heterocycles. The van der Waals surface area contributed by atoms with Gasteiger partial charge in [0.25, 0.3) is 0 Å². The number of rotatable bonds is 7. The van der Waals surface area contributed by atoms with E-state index in [1.807, 2.05) is 23.9 Å². The number of para-hydroxylation sites is 1. The maximum atomic E-state index is 5.43. The molecular formula is C29H28N4OS2. The van der Waals surface area contributed by atoms with E-state index in [0.29, 0.717) is 17.3 Å². The fourth-order valence-corrected chi connectivity index (χ4v) is 7.82. The lowest BCUT2D eigenvalue weighted by atomic mass is 10.1. The zero-order valence-electron chi connectivity index (χ0n) is 20.2. The summed E-state index contributed by atoms with van der Waals surface area (Å²) in [5, 5.41) is 6.21. The summed E-state index contributed by atoms with van der Waals surface area (Å²) in [7, 11) is 1.69. The van der Waals surface area contributed by atoms with Crippen LogP contribution in [-0.4, -0.2) is 40.0 Å². The number of ether oxygens (including phenoxy) is 1. The number of thiazole rings is 1. The lowest BCUT2D eigenvalue weighted by Gasteiger charge is -2.26. The van der Waals surface area contributed by atoms with Crippen molar-refractivity contribution in [2.45, 2.75) is 43.0 Å². The van der Waals surface area contributed by atoms with Gasteiger partial charge in [-0.2, -0.15) is 0 Å². The molecule has 7 heteroatoms. The zero-order chi connectivity index (χ0) is 24.1. The molecule has 1 saturated heterocycles. The highest BCUT2D eigenvalue weighted by atomic mass is 32.2. The highest BCUT2D eigenvalue weighted by Gasteiger charge is 2.50. The molecule has 0 bridgehead atoms. The van der Waals surface area contributed by atoms with Crippen molar-refractivity contribution in [3.8, 4) is 5.75 Å². The van der Waals surface area contributed by atoms with Crippen LogP contribution in [0.2, 0.25) is 0 Å². The number of thioether (sulfide) groups is 1. The summed E-state index contributed by atoms with van der Waals surface area (Å²) >= 11 is 3.65. The summed E-state index contributed by atoms with van der Waals surface area (Å²) in [6.07, 6.45) is 4.67. The highest BCUT2D eigenvalue weighted by Crippen LogP contribution is 2.53. The summed E-state index contributed by atoms with van der Waals surface area (Å²) < 4.78 is 6.57. The van der Waals surface area contributed by atoms with Gasteiger partial charge in [0.05, 0.1) is 23.5 Å². The normalized spacial score (nSPS) is 21.7.